The third kappa shape index (κ3) is 3.14. The fourth-order valence-electron chi connectivity index (χ4n) is 1.87. The summed E-state index contributed by atoms with van der Waals surface area (Å²) in [6, 6.07) is 0. The summed E-state index contributed by atoms with van der Waals surface area (Å²) in [5, 5.41) is 0. The maximum atomic E-state index is 11.4. The lowest BCUT2D eigenvalue weighted by Gasteiger charge is -2.48. The predicted molar refractivity (Wildman–Crippen MR) is 67.4 cm³/mol. The second-order valence-corrected chi connectivity index (χ2v) is 4.61. The van der Waals surface area contributed by atoms with Crippen LogP contribution in [0.5, 0.6) is 0 Å². The highest BCUT2D eigenvalue weighted by Gasteiger charge is 2.53. The lowest BCUT2D eigenvalue weighted by Crippen LogP contribution is -2.62. The van der Waals surface area contributed by atoms with E-state index in [0.717, 1.165) is 0 Å². The van der Waals surface area contributed by atoms with E-state index in [1.54, 1.807) is 26.8 Å². The Balaban J connectivity index is 2.87. The summed E-state index contributed by atoms with van der Waals surface area (Å²) in [6.45, 7) is 5.38. The Morgan fingerprint density at radius 3 is 2.26 bits per heavy atom. The fourth-order valence-corrected chi connectivity index (χ4v) is 1.87. The van der Waals surface area contributed by atoms with Crippen LogP contribution in [0.2, 0.25) is 0 Å². The molecule has 0 saturated carbocycles. The second-order valence-electron chi connectivity index (χ2n) is 4.61. The van der Waals surface area contributed by atoms with Gasteiger partial charge < -0.3 is 23.7 Å². The normalized spacial score (nSPS) is 36.1. The van der Waals surface area contributed by atoms with Crippen molar-refractivity contribution in [2.75, 3.05) is 27.9 Å². The van der Waals surface area contributed by atoms with Crippen molar-refractivity contribution < 1.29 is 28.5 Å². The molecule has 1 saturated heterocycles. The van der Waals surface area contributed by atoms with Gasteiger partial charge in [0.05, 0.1) is 13.7 Å². The highest BCUT2D eigenvalue weighted by molar-refractivity contribution is 5.87. The number of esters is 1. The molecule has 0 amide bonds. The Bertz CT molecular complexity index is 366. The van der Waals surface area contributed by atoms with Gasteiger partial charge in [0, 0.05) is 19.8 Å². The molecule has 19 heavy (non-hydrogen) atoms. The van der Waals surface area contributed by atoms with Crippen molar-refractivity contribution in [1.82, 2.24) is 0 Å². The minimum atomic E-state index is -1.07. The first-order valence-corrected chi connectivity index (χ1v) is 6.00. The first-order valence-electron chi connectivity index (χ1n) is 6.00. The van der Waals surface area contributed by atoms with E-state index in [4.69, 9.17) is 18.9 Å². The van der Waals surface area contributed by atoms with Crippen molar-refractivity contribution in [2.24, 2.45) is 0 Å². The molecular weight excluding hydrogens is 252 g/mol. The molecule has 0 bridgehead atoms. The summed E-state index contributed by atoms with van der Waals surface area (Å²) >= 11 is 0. The van der Waals surface area contributed by atoms with Gasteiger partial charge in [0.2, 0.25) is 11.6 Å². The molecule has 1 rings (SSSR count). The Hall–Kier alpha value is -0.950. The lowest BCUT2D eigenvalue weighted by molar-refractivity contribution is -0.425. The molecule has 0 aromatic rings. The molecule has 0 unspecified atom stereocenters. The van der Waals surface area contributed by atoms with Crippen molar-refractivity contribution in [3.05, 3.63) is 11.6 Å². The van der Waals surface area contributed by atoms with Gasteiger partial charge in [-0.1, -0.05) is 0 Å². The smallest absolute Gasteiger partial charge is 0.333 e. The molecule has 110 valence electrons. The second kappa shape index (κ2) is 6.00. The standard InChI is InChI=1S/C13H22O6/c1-9(11(14)15-4)7-10-8-18-12(2,16-5)13(3,17-6)19-10/h7,10H,8H2,1-6H3/b9-7+/t10-,12+,13+/m0/s1. The van der Waals surface area contributed by atoms with Crippen molar-refractivity contribution in [3.63, 3.8) is 0 Å². The molecule has 1 aliphatic heterocycles. The molecule has 1 heterocycles. The van der Waals surface area contributed by atoms with E-state index in [2.05, 4.69) is 4.74 Å². The zero-order chi connectivity index (χ0) is 14.7. The Morgan fingerprint density at radius 2 is 1.79 bits per heavy atom. The Kier molecular flexibility index (Phi) is 5.09. The largest absolute Gasteiger partial charge is 0.466 e. The van der Waals surface area contributed by atoms with Gasteiger partial charge in [0.25, 0.3) is 0 Å². The van der Waals surface area contributed by atoms with Gasteiger partial charge in [-0.3, -0.25) is 0 Å². The van der Waals surface area contributed by atoms with E-state index in [1.807, 2.05) is 0 Å². The average molecular weight is 274 g/mol. The quantitative estimate of drug-likeness (QED) is 0.568. The van der Waals surface area contributed by atoms with Crippen LogP contribution < -0.4 is 0 Å². The third-order valence-electron chi connectivity index (χ3n) is 3.45. The van der Waals surface area contributed by atoms with Crippen LogP contribution in [-0.2, 0) is 28.5 Å². The van der Waals surface area contributed by atoms with E-state index in [-0.39, 0.29) is 6.61 Å². The molecule has 0 radical (unpaired) electrons. The van der Waals surface area contributed by atoms with Crippen LogP contribution in [0.1, 0.15) is 20.8 Å². The van der Waals surface area contributed by atoms with E-state index >= 15 is 0 Å². The van der Waals surface area contributed by atoms with Crippen LogP contribution in [0.3, 0.4) is 0 Å². The van der Waals surface area contributed by atoms with Gasteiger partial charge in [-0.2, -0.15) is 0 Å². The van der Waals surface area contributed by atoms with Gasteiger partial charge in [-0.15, -0.1) is 0 Å². The van der Waals surface area contributed by atoms with Gasteiger partial charge in [0.1, 0.15) is 6.10 Å². The zero-order valence-corrected chi connectivity index (χ0v) is 12.3. The topological polar surface area (TPSA) is 63.2 Å². The SMILES string of the molecule is COC(=O)/C(C)=C/[C@H]1CO[C@@](C)(OC)[C@](C)(OC)O1. The van der Waals surface area contributed by atoms with Crippen LogP contribution in [0, 0.1) is 0 Å². The number of carbonyl (C=O) groups excluding carboxylic acids is 1. The molecule has 0 aromatic heterocycles. The number of carbonyl (C=O) groups is 1. The molecule has 0 aromatic carbocycles. The van der Waals surface area contributed by atoms with E-state index in [1.165, 1.54) is 21.3 Å². The van der Waals surface area contributed by atoms with Gasteiger partial charge in [-0.05, 0) is 26.8 Å². The fraction of sp³-hybridized carbons (Fsp3) is 0.769. The number of methoxy groups -OCH3 is 3. The Morgan fingerprint density at radius 1 is 1.21 bits per heavy atom. The van der Waals surface area contributed by atoms with Gasteiger partial charge in [-0.25, -0.2) is 4.79 Å². The summed E-state index contributed by atoms with van der Waals surface area (Å²) in [5.41, 5.74) is 0.454. The van der Waals surface area contributed by atoms with Crippen molar-refractivity contribution in [2.45, 2.75) is 38.4 Å². The zero-order valence-electron chi connectivity index (χ0n) is 12.3. The number of hydrogen-bond donors (Lipinski definition) is 0. The summed E-state index contributed by atoms with van der Waals surface area (Å²) < 4.78 is 26.8. The molecule has 6 heteroatoms. The molecule has 0 aliphatic carbocycles. The van der Waals surface area contributed by atoms with Crippen LogP contribution >= 0.6 is 0 Å². The first kappa shape index (κ1) is 16.1. The van der Waals surface area contributed by atoms with Gasteiger partial charge in [0.15, 0.2) is 0 Å². The molecule has 3 atom stereocenters. The van der Waals surface area contributed by atoms with Crippen molar-refractivity contribution in [1.29, 1.82) is 0 Å². The maximum absolute atomic E-state index is 11.4. The highest BCUT2D eigenvalue weighted by Crippen LogP contribution is 2.36. The highest BCUT2D eigenvalue weighted by atomic mass is 16.8. The summed E-state index contributed by atoms with van der Waals surface area (Å²) in [7, 11) is 4.37. The number of ether oxygens (including phenoxy) is 5. The summed E-state index contributed by atoms with van der Waals surface area (Å²) in [4.78, 5) is 11.4. The molecular formula is C13H22O6. The maximum Gasteiger partial charge on any atom is 0.333 e. The van der Waals surface area contributed by atoms with Crippen molar-refractivity contribution >= 4 is 5.97 Å². The molecule has 0 spiro atoms. The first-order chi connectivity index (χ1) is 8.81. The molecule has 1 fully saturated rings. The minimum Gasteiger partial charge on any atom is -0.466 e. The number of rotatable bonds is 4. The third-order valence-corrected chi connectivity index (χ3v) is 3.45. The average Bonchev–Trinajstić information content (AvgIpc) is 2.41. The van der Waals surface area contributed by atoms with Crippen molar-refractivity contribution in [3.8, 4) is 0 Å². The molecule has 1 aliphatic rings. The number of hydrogen-bond acceptors (Lipinski definition) is 6. The van der Waals surface area contributed by atoms with E-state index in [9.17, 15) is 4.79 Å². The van der Waals surface area contributed by atoms with Crippen LogP contribution in [-0.4, -0.2) is 51.6 Å². The summed E-state index contributed by atoms with van der Waals surface area (Å²) in [6.07, 6.45) is 1.24. The molecule has 6 nitrogen and oxygen atoms in total. The lowest BCUT2D eigenvalue weighted by atomic mass is 10.1. The van der Waals surface area contributed by atoms with Crippen LogP contribution in [0.15, 0.2) is 11.6 Å². The minimum absolute atomic E-state index is 0.262. The monoisotopic (exact) mass is 274 g/mol. The van der Waals surface area contributed by atoms with Crippen LogP contribution in [0.25, 0.3) is 0 Å². The van der Waals surface area contributed by atoms with Gasteiger partial charge >= 0.3 is 5.97 Å². The Labute approximate surface area is 113 Å². The molecule has 0 N–H and O–H groups in total. The summed E-state index contributed by atoms with van der Waals surface area (Å²) in [5.74, 6) is -2.48. The predicted octanol–water partition coefficient (Wildman–Crippen LogP) is 1.25. The van der Waals surface area contributed by atoms with E-state index in [0.29, 0.717) is 5.57 Å². The van der Waals surface area contributed by atoms with E-state index < -0.39 is 23.6 Å². The van der Waals surface area contributed by atoms with Crippen LogP contribution in [0.4, 0.5) is 0 Å².